The molecule has 2 rings (SSSR count). The Kier molecular flexibility index (Phi) is 5.83. The Hall–Kier alpha value is -1.11. The van der Waals surface area contributed by atoms with Gasteiger partial charge >= 0.3 is 5.97 Å². The Bertz CT molecular complexity index is 632. The van der Waals surface area contributed by atoms with Gasteiger partial charge in [0.05, 0.1) is 16.7 Å². The van der Waals surface area contributed by atoms with Gasteiger partial charge in [0.15, 0.2) is 0 Å². The van der Waals surface area contributed by atoms with Crippen LogP contribution in [0.25, 0.3) is 0 Å². The number of benzene rings is 1. The van der Waals surface area contributed by atoms with Crippen LogP contribution >= 0.6 is 11.6 Å². The summed E-state index contributed by atoms with van der Waals surface area (Å²) in [5, 5.41) is 0.363. The SMILES string of the molecule is CCCS(=O)(=O)N1CCC[C@H](C(=O)Oc2ccccc2Cl)C1. The van der Waals surface area contributed by atoms with Crippen molar-refractivity contribution in [2.45, 2.75) is 26.2 Å². The van der Waals surface area contributed by atoms with Gasteiger partial charge in [-0.15, -0.1) is 0 Å². The van der Waals surface area contributed by atoms with Crippen molar-refractivity contribution in [3.63, 3.8) is 0 Å². The molecule has 1 atom stereocenters. The van der Waals surface area contributed by atoms with Crippen LogP contribution in [-0.4, -0.2) is 37.5 Å². The van der Waals surface area contributed by atoms with Crippen molar-refractivity contribution >= 4 is 27.6 Å². The molecule has 0 unspecified atom stereocenters. The highest BCUT2D eigenvalue weighted by atomic mass is 35.5. The highest BCUT2D eigenvalue weighted by molar-refractivity contribution is 7.89. The number of piperidine rings is 1. The Labute approximate surface area is 136 Å². The summed E-state index contributed by atoms with van der Waals surface area (Å²) in [6, 6.07) is 6.74. The van der Waals surface area contributed by atoms with Gasteiger partial charge in [0.1, 0.15) is 5.75 Å². The first-order valence-electron chi connectivity index (χ1n) is 7.38. The van der Waals surface area contributed by atoms with Crippen LogP contribution in [0.5, 0.6) is 5.75 Å². The van der Waals surface area contributed by atoms with E-state index in [0.29, 0.717) is 36.6 Å². The van der Waals surface area contributed by atoms with Crippen LogP contribution in [-0.2, 0) is 14.8 Å². The number of esters is 1. The van der Waals surface area contributed by atoms with Crippen LogP contribution in [0, 0.1) is 5.92 Å². The molecule has 1 aromatic carbocycles. The third-order valence-corrected chi connectivity index (χ3v) is 5.97. The van der Waals surface area contributed by atoms with Gasteiger partial charge in [0.2, 0.25) is 10.0 Å². The zero-order valence-electron chi connectivity index (χ0n) is 12.5. The molecule has 0 bridgehead atoms. The Morgan fingerprint density at radius 3 is 2.82 bits per heavy atom. The molecule has 0 aromatic heterocycles. The number of rotatable bonds is 5. The molecule has 0 N–H and O–H groups in total. The second kappa shape index (κ2) is 7.44. The first kappa shape index (κ1) is 17.2. The average molecular weight is 346 g/mol. The molecule has 7 heteroatoms. The summed E-state index contributed by atoms with van der Waals surface area (Å²) >= 11 is 5.97. The van der Waals surface area contributed by atoms with Crippen molar-refractivity contribution in [3.05, 3.63) is 29.3 Å². The number of halogens is 1. The van der Waals surface area contributed by atoms with E-state index in [1.54, 1.807) is 24.3 Å². The second-order valence-corrected chi connectivity index (χ2v) is 7.86. The van der Waals surface area contributed by atoms with Gasteiger partial charge in [-0.2, -0.15) is 0 Å². The van der Waals surface area contributed by atoms with Gasteiger partial charge in [-0.1, -0.05) is 30.7 Å². The Balaban J connectivity index is 2.03. The minimum atomic E-state index is -3.28. The van der Waals surface area contributed by atoms with Crippen molar-refractivity contribution in [2.75, 3.05) is 18.8 Å². The number of sulfonamides is 1. The minimum absolute atomic E-state index is 0.110. The number of para-hydroxylation sites is 1. The standard InChI is InChI=1S/C15H20ClNO4S/c1-2-10-22(19,20)17-9-5-6-12(11-17)15(18)21-14-8-4-3-7-13(14)16/h3-4,7-8,12H,2,5-6,9-11H2,1H3/t12-/m0/s1. The summed E-state index contributed by atoms with van der Waals surface area (Å²) < 4.78 is 31.0. The molecule has 1 aliphatic heterocycles. The Morgan fingerprint density at radius 2 is 2.14 bits per heavy atom. The summed E-state index contributed by atoms with van der Waals surface area (Å²) in [5.41, 5.74) is 0. The molecule has 1 aromatic rings. The number of hydrogen-bond donors (Lipinski definition) is 0. The van der Waals surface area contributed by atoms with Gasteiger partial charge in [0, 0.05) is 13.1 Å². The van der Waals surface area contributed by atoms with E-state index in [0.717, 1.165) is 0 Å². The van der Waals surface area contributed by atoms with E-state index in [9.17, 15) is 13.2 Å². The van der Waals surface area contributed by atoms with Gasteiger partial charge < -0.3 is 4.74 Å². The van der Waals surface area contributed by atoms with Crippen LogP contribution in [0.15, 0.2) is 24.3 Å². The molecule has 0 radical (unpaired) electrons. The summed E-state index contributed by atoms with van der Waals surface area (Å²) in [4.78, 5) is 12.2. The lowest BCUT2D eigenvalue weighted by Crippen LogP contribution is -2.44. The minimum Gasteiger partial charge on any atom is -0.425 e. The van der Waals surface area contributed by atoms with E-state index in [-0.39, 0.29) is 12.3 Å². The first-order valence-corrected chi connectivity index (χ1v) is 9.37. The zero-order chi connectivity index (χ0) is 16.2. The van der Waals surface area contributed by atoms with Crippen molar-refractivity contribution in [1.29, 1.82) is 0 Å². The van der Waals surface area contributed by atoms with Gasteiger partial charge in [-0.3, -0.25) is 4.79 Å². The molecule has 0 aliphatic carbocycles. The molecule has 0 spiro atoms. The molecular weight excluding hydrogens is 326 g/mol. The fraction of sp³-hybridized carbons (Fsp3) is 0.533. The van der Waals surface area contributed by atoms with Crippen molar-refractivity contribution in [3.8, 4) is 5.75 Å². The molecule has 0 amide bonds. The van der Waals surface area contributed by atoms with E-state index in [4.69, 9.17) is 16.3 Å². The van der Waals surface area contributed by atoms with Gasteiger partial charge in [0.25, 0.3) is 0 Å². The van der Waals surface area contributed by atoms with E-state index < -0.39 is 21.9 Å². The third-order valence-electron chi connectivity index (χ3n) is 3.62. The summed E-state index contributed by atoms with van der Waals surface area (Å²) in [6.07, 6.45) is 1.85. The highest BCUT2D eigenvalue weighted by Gasteiger charge is 2.33. The molecule has 1 aliphatic rings. The largest absolute Gasteiger partial charge is 0.425 e. The Morgan fingerprint density at radius 1 is 1.41 bits per heavy atom. The van der Waals surface area contributed by atoms with Gasteiger partial charge in [-0.25, -0.2) is 12.7 Å². The summed E-state index contributed by atoms with van der Waals surface area (Å²) in [7, 11) is -3.28. The number of nitrogens with zero attached hydrogens (tertiary/aromatic N) is 1. The monoisotopic (exact) mass is 345 g/mol. The lowest BCUT2D eigenvalue weighted by molar-refractivity contribution is -0.140. The lowest BCUT2D eigenvalue weighted by Gasteiger charge is -2.30. The van der Waals surface area contributed by atoms with E-state index in [2.05, 4.69) is 0 Å². The van der Waals surface area contributed by atoms with Crippen molar-refractivity contribution in [1.82, 2.24) is 4.31 Å². The third kappa shape index (κ3) is 4.21. The maximum Gasteiger partial charge on any atom is 0.315 e. The number of carbonyl (C=O) groups excluding carboxylic acids is 1. The van der Waals surface area contributed by atoms with Crippen LogP contribution in [0.3, 0.4) is 0 Å². The van der Waals surface area contributed by atoms with E-state index in [1.807, 2.05) is 6.92 Å². The molecule has 5 nitrogen and oxygen atoms in total. The molecular formula is C15H20ClNO4S. The van der Waals surface area contributed by atoms with E-state index >= 15 is 0 Å². The smallest absolute Gasteiger partial charge is 0.315 e. The normalized spacial score (nSPS) is 19.8. The van der Waals surface area contributed by atoms with Gasteiger partial charge in [-0.05, 0) is 31.4 Å². The fourth-order valence-corrected chi connectivity index (χ4v) is 4.26. The molecule has 1 saturated heterocycles. The zero-order valence-corrected chi connectivity index (χ0v) is 14.1. The average Bonchev–Trinajstić information content (AvgIpc) is 2.49. The van der Waals surface area contributed by atoms with E-state index in [1.165, 1.54) is 4.31 Å². The molecule has 0 saturated carbocycles. The first-order chi connectivity index (χ1) is 10.4. The number of ether oxygens (including phenoxy) is 1. The lowest BCUT2D eigenvalue weighted by atomic mass is 10.00. The molecule has 1 heterocycles. The maximum atomic E-state index is 12.2. The topological polar surface area (TPSA) is 63.7 Å². The van der Waals surface area contributed by atoms with Crippen molar-refractivity contribution < 1.29 is 17.9 Å². The predicted molar refractivity (Wildman–Crippen MR) is 85.5 cm³/mol. The summed E-state index contributed by atoms with van der Waals surface area (Å²) in [6.45, 7) is 2.48. The predicted octanol–water partition coefficient (Wildman–Crippen LogP) is 2.70. The van der Waals surface area contributed by atoms with Crippen LogP contribution < -0.4 is 4.74 Å². The number of hydrogen-bond acceptors (Lipinski definition) is 4. The highest BCUT2D eigenvalue weighted by Crippen LogP contribution is 2.26. The number of carbonyl (C=O) groups is 1. The van der Waals surface area contributed by atoms with Crippen LogP contribution in [0.4, 0.5) is 0 Å². The van der Waals surface area contributed by atoms with Crippen LogP contribution in [0.2, 0.25) is 5.02 Å². The summed E-state index contributed by atoms with van der Waals surface area (Å²) in [5.74, 6) is -0.455. The molecule has 122 valence electrons. The molecule has 1 fully saturated rings. The second-order valence-electron chi connectivity index (χ2n) is 5.36. The van der Waals surface area contributed by atoms with Crippen molar-refractivity contribution in [2.24, 2.45) is 5.92 Å². The van der Waals surface area contributed by atoms with Crippen LogP contribution in [0.1, 0.15) is 26.2 Å². The fourth-order valence-electron chi connectivity index (χ4n) is 2.49. The molecule has 22 heavy (non-hydrogen) atoms. The quantitative estimate of drug-likeness (QED) is 0.608. The maximum absolute atomic E-state index is 12.2.